The first kappa shape index (κ1) is 15.3. The van der Waals surface area contributed by atoms with Crippen LogP contribution >= 0.6 is 27.5 Å². The summed E-state index contributed by atoms with van der Waals surface area (Å²) in [7, 11) is 0. The maximum absolute atomic E-state index is 6.14. The Labute approximate surface area is 145 Å². The van der Waals surface area contributed by atoms with E-state index in [9.17, 15) is 0 Å². The molecule has 0 aromatic heterocycles. The lowest BCUT2D eigenvalue weighted by atomic mass is 9.82. The molecule has 1 aliphatic carbocycles. The van der Waals surface area contributed by atoms with Gasteiger partial charge in [0.2, 0.25) is 0 Å². The molecule has 0 nitrogen and oxygen atoms in total. The van der Waals surface area contributed by atoms with Gasteiger partial charge in [0.1, 0.15) is 0 Å². The van der Waals surface area contributed by atoms with Gasteiger partial charge in [-0.25, -0.2) is 0 Å². The minimum Gasteiger partial charge on any atom is -0.0843 e. The highest BCUT2D eigenvalue weighted by atomic mass is 79.9. The van der Waals surface area contributed by atoms with Crippen LogP contribution in [0.5, 0.6) is 0 Å². The lowest BCUT2D eigenvalue weighted by molar-refractivity contribution is 0.759. The molecule has 0 aliphatic heterocycles. The molecule has 1 atom stereocenters. The van der Waals surface area contributed by atoms with Crippen molar-refractivity contribution in [1.29, 1.82) is 0 Å². The molecular weight excluding hydrogens is 356 g/mol. The van der Waals surface area contributed by atoms with E-state index < -0.39 is 0 Å². The summed E-state index contributed by atoms with van der Waals surface area (Å²) in [6, 6.07) is 16.4. The van der Waals surface area contributed by atoms with E-state index >= 15 is 0 Å². The molecular formula is C20H16BrCl. The maximum Gasteiger partial charge on any atom is 0.0412 e. The van der Waals surface area contributed by atoms with Crippen molar-refractivity contribution in [1.82, 2.24) is 0 Å². The van der Waals surface area contributed by atoms with Crippen LogP contribution in [-0.4, -0.2) is 0 Å². The molecule has 2 aromatic rings. The van der Waals surface area contributed by atoms with Crippen LogP contribution in [0.3, 0.4) is 0 Å². The fourth-order valence-electron chi connectivity index (χ4n) is 2.61. The second kappa shape index (κ2) is 6.28. The third kappa shape index (κ3) is 3.11. The molecule has 0 heterocycles. The van der Waals surface area contributed by atoms with Crippen LogP contribution in [0, 0.1) is 0 Å². The van der Waals surface area contributed by atoms with Crippen molar-refractivity contribution in [2.45, 2.75) is 12.3 Å². The van der Waals surface area contributed by atoms with Crippen LogP contribution in [-0.2, 0) is 5.41 Å². The van der Waals surface area contributed by atoms with Crippen molar-refractivity contribution in [3.8, 4) is 0 Å². The molecule has 0 N–H and O–H groups in total. The van der Waals surface area contributed by atoms with Crippen LogP contribution in [0.25, 0.3) is 5.57 Å². The highest BCUT2D eigenvalue weighted by Gasteiger charge is 2.21. The first-order valence-corrected chi connectivity index (χ1v) is 8.35. The molecule has 0 saturated heterocycles. The van der Waals surface area contributed by atoms with E-state index in [2.05, 4.69) is 77.5 Å². The van der Waals surface area contributed by atoms with Crippen molar-refractivity contribution in [3.05, 3.63) is 99.5 Å². The summed E-state index contributed by atoms with van der Waals surface area (Å²) in [4.78, 5) is 0. The highest BCUT2D eigenvalue weighted by molar-refractivity contribution is 9.10. The second-order valence-electron chi connectivity index (χ2n) is 5.59. The Morgan fingerprint density at radius 3 is 2.55 bits per heavy atom. The Bertz CT molecular complexity index is 772. The molecule has 1 unspecified atom stereocenters. The van der Waals surface area contributed by atoms with Gasteiger partial charge in [-0.05, 0) is 41.8 Å². The molecule has 22 heavy (non-hydrogen) atoms. The van der Waals surface area contributed by atoms with E-state index in [0.717, 1.165) is 20.6 Å². The number of rotatable bonds is 2. The summed E-state index contributed by atoms with van der Waals surface area (Å²) < 4.78 is 1.05. The van der Waals surface area contributed by atoms with Gasteiger partial charge in [0.15, 0.2) is 0 Å². The molecule has 0 amide bonds. The second-order valence-corrected chi connectivity index (χ2v) is 6.88. The number of hydrogen-bond acceptors (Lipinski definition) is 0. The molecule has 2 heteroatoms. The highest BCUT2D eigenvalue weighted by Crippen LogP contribution is 2.34. The molecule has 2 aromatic carbocycles. The fraction of sp³-hybridized carbons (Fsp3) is 0.100. The molecule has 0 bridgehead atoms. The van der Waals surface area contributed by atoms with Crippen LogP contribution < -0.4 is 0 Å². The first-order valence-electron chi connectivity index (χ1n) is 7.18. The van der Waals surface area contributed by atoms with E-state index in [4.69, 9.17) is 11.6 Å². The lowest BCUT2D eigenvalue weighted by Gasteiger charge is -2.22. The van der Waals surface area contributed by atoms with Gasteiger partial charge in [-0.3, -0.25) is 0 Å². The molecule has 3 rings (SSSR count). The molecule has 1 aliphatic rings. The largest absolute Gasteiger partial charge is 0.0843 e. The molecule has 0 fully saturated rings. The van der Waals surface area contributed by atoms with E-state index in [0.29, 0.717) is 0 Å². The first-order chi connectivity index (χ1) is 10.6. The summed E-state index contributed by atoms with van der Waals surface area (Å²) in [5, 5.41) is 0.742. The summed E-state index contributed by atoms with van der Waals surface area (Å²) in [6.45, 7) is 2.22. The Kier molecular flexibility index (Phi) is 4.37. The predicted molar refractivity (Wildman–Crippen MR) is 99.2 cm³/mol. The summed E-state index contributed by atoms with van der Waals surface area (Å²) in [5.74, 6) is 0. The quantitative estimate of drug-likeness (QED) is 0.560. The van der Waals surface area contributed by atoms with Gasteiger partial charge >= 0.3 is 0 Å². The monoisotopic (exact) mass is 370 g/mol. The van der Waals surface area contributed by atoms with E-state index in [1.807, 2.05) is 24.3 Å². The van der Waals surface area contributed by atoms with Crippen molar-refractivity contribution in [2.75, 3.05) is 0 Å². The Hall–Kier alpha value is -1.57. The van der Waals surface area contributed by atoms with Crippen LogP contribution in [0.2, 0.25) is 5.02 Å². The normalized spacial score (nSPS) is 20.6. The SMILES string of the molecule is CC1(c2ccccc2)C=CC=C(c2cc(Cl)ccc2Br)C=C1. The van der Waals surface area contributed by atoms with Gasteiger partial charge in [-0.15, -0.1) is 0 Å². The van der Waals surface area contributed by atoms with Crippen molar-refractivity contribution < 1.29 is 0 Å². The van der Waals surface area contributed by atoms with Crippen molar-refractivity contribution >= 4 is 33.1 Å². The van der Waals surface area contributed by atoms with Crippen LogP contribution in [0.4, 0.5) is 0 Å². The van der Waals surface area contributed by atoms with Crippen molar-refractivity contribution in [3.63, 3.8) is 0 Å². The molecule has 110 valence electrons. The fourth-order valence-corrected chi connectivity index (χ4v) is 3.26. The lowest BCUT2D eigenvalue weighted by Crippen LogP contribution is -2.14. The van der Waals surface area contributed by atoms with Gasteiger partial charge in [0, 0.05) is 14.9 Å². The summed E-state index contributed by atoms with van der Waals surface area (Å²) >= 11 is 9.75. The van der Waals surface area contributed by atoms with Gasteiger partial charge in [0.05, 0.1) is 0 Å². The van der Waals surface area contributed by atoms with Gasteiger partial charge < -0.3 is 0 Å². The Morgan fingerprint density at radius 2 is 1.77 bits per heavy atom. The van der Waals surface area contributed by atoms with E-state index in [1.54, 1.807) is 0 Å². The third-order valence-corrected chi connectivity index (χ3v) is 4.89. The standard InChI is InChI=1S/C20H16BrCl/c1-20(16-7-3-2-4-8-16)12-5-6-15(11-13-20)18-14-17(22)9-10-19(18)21/h2-14H,1H3. The predicted octanol–water partition coefficient (Wildman–Crippen LogP) is 6.57. The average Bonchev–Trinajstić information content (AvgIpc) is 2.74. The summed E-state index contributed by atoms with van der Waals surface area (Å²) in [5.41, 5.74) is 3.42. The van der Waals surface area contributed by atoms with Gasteiger partial charge in [-0.2, -0.15) is 0 Å². The van der Waals surface area contributed by atoms with E-state index in [-0.39, 0.29) is 5.41 Å². The minimum absolute atomic E-state index is 0.107. The smallest absolute Gasteiger partial charge is 0.0412 e. The maximum atomic E-state index is 6.14. The van der Waals surface area contributed by atoms with E-state index in [1.165, 1.54) is 5.56 Å². The zero-order chi connectivity index (χ0) is 15.6. The van der Waals surface area contributed by atoms with Gasteiger partial charge in [-0.1, -0.05) is 88.2 Å². The zero-order valence-electron chi connectivity index (χ0n) is 12.3. The third-order valence-electron chi connectivity index (χ3n) is 3.96. The van der Waals surface area contributed by atoms with Crippen molar-refractivity contribution in [2.24, 2.45) is 0 Å². The van der Waals surface area contributed by atoms with Gasteiger partial charge in [0.25, 0.3) is 0 Å². The number of allylic oxidation sites excluding steroid dienone is 6. The number of halogens is 2. The number of hydrogen-bond donors (Lipinski definition) is 0. The zero-order valence-corrected chi connectivity index (χ0v) is 14.6. The number of benzene rings is 2. The molecule has 0 spiro atoms. The average molecular weight is 372 g/mol. The van der Waals surface area contributed by atoms with Crippen LogP contribution in [0.1, 0.15) is 18.1 Å². The Balaban J connectivity index is 2.00. The molecule has 0 saturated carbocycles. The minimum atomic E-state index is -0.107. The topological polar surface area (TPSA) is 0 Å². The van der Waals surface area contributed by atoms with Crippen LogP contribution in [0.15, 0.2) is 83.4 Å². The summed E-state index contributed by atoms with van der Waals surface area (Å²) in [6.07, 6.45) is 10.9. The Morgan fingerprint density at radius 1 is 1.00 bits per heavy atom. The molecule has 0 radical (unpaired) electrons.